The number of amides is 2. The molecule has 184 valence electrons. The first-order valence-electron chi connectivity index (χ1n) is 12.6. The lowest BCUT2D eigenvalue weighted by molar-refractivity contribution is -0.143. The van der Waals surface area contributed by atoms with E-state index in [2.05, 4.69) is 34.9 Å². The van der Waals surface area contributed by atoms with Gasteiger partial charge in [-0.25, -0.2) is 4.79 Å². The van der Waals surface area contributed by atoms with Gasteiger partial charge in [0.05, 0.1) is 11.8 Å². The van der Waals surface area contributed by atoms with Crippen molar-refractivity contribution < 1.29 is 24.2 Å². The quantitative estimate of drug-likeness (QED) is 0.552. The topological polar surface area (TPSA) is 105 Å². The van der Waals surface area contributed by atoms with Gasteiger partial charge in [0, 0.05) is 18.5 Å². The summed E-state index contributed by atoms with van der Waals surface area (Å²) >= 11 is 0. The highest BCUT2D eigenvalue weighted by Crippen LogP contribution is 2.44. The molecule has 5 rings (SSSR count). The van der Waals surface area contributed by atoms with Crippen molar-refractivity contribution in [2.24, 2.45) is 17.8 Å². The average molecular weight is 477 g/mol. The predicted octanol–water partition coefficient (Wildman–Crippen LogP) is 4.31. The zero-order valence-electron chi connectivity index (χ0n) is 19.7. The third-order valence-corrected chi connectivity index (χ3v) is 8.01. The molecule has 7 heteroatoms. The Morgan fingerprint density at radius 1 is 0.857 bits per heavy atom. The summed E-state index contributed by atoms with van der Waals surface area (Å²) in [5.41, 5.74) is 4.67. The molecule has 35 heavy (non-hydrogen) atoms. The van der Waals surface area contributed by atoms with Gasteiger partial charge in [-0.05, 0) is 53.9 Å². The number of nitrogens with one attached hydrogen (secondary N) is 2. The Balaban J connectivity index is 1.15. The van der Waals surface area contributed by atoms with Crippen molar-refractivity contribution in [2.45, 2.75) is 50.5 Å². The molecule has 2 saturated carbocycles. The van der Waals surface area contributed by atoms with Gasteiger partial charge in [0.2, 0.25) is 5.91 Å². The number of carbonyl (C=O) groups excluding carboxylic acids is 2. The van der Waals surface area contributed by atoms with Crippen molar-refractivity contribution >= 4 is 18.0 Å². The monoisotopic (exact) mass is 476 g/mol. The van der Waals surface area contributed by atoms with Crippen LogP contribution in [0.25, 0.3) is 11.1 Å². The SMILES string of the molecule is O=C(N[C@H]1CCC[C@H]1C(=O)NCC1CCCC1C(=O)O)OCC1c2ccccc2-c2ccccc21. The van der Waals surface area contributed by atoms with Crippen LogP contribution in [0.15, 0.2) is 48.5 Å². The van der Waals surface area contributed by atoms with Gasteiger partial charge in [-0.15, -0.1) is 0 Å². The first kappa shape index (κ1) is 23.4. The standard InChI is InChI=1S/C28H32N2O5/c31-26(29-15-17-7-5-12-18(17)27(32)33)23-13-6-14-25(23)30-28(34)35-16-24-21-10-3-1-8-19(21)20-9-2-4-11-22(20)24/h1-4,8-11,17-18,23-25H,5-7,12-16H2,(H,29,31)(H,30,34)(H,32,33)/t17?,18?,23-,25+/m1/s1. The molecule has 0 saturated heterocycles. The zero-order valence-corrected chi connectivity index (χ0v) is 19.7. The van der Waals surface area contributed by atoms with E-state index in [1.807, 2.05) is 24.3 Å². The Hall–Kier alpha value is -3.35. The summed E-state index contributed by atoms with van der Waals surface area (Å²) in [6.45, 7) is 0.617. The van der Waals surface area contributed by atoms with E-state index in [0.717, 1.165) is 36.8 Å². The van der Waals surface area contributed by atoms with Crippen molar-refractivity contribution in [3.8, 4) is 11.1 Å². The molecule has 7 nitrogen and oxygen atoms in total. The van der Waals surface area contributed by atoms with E-state index in [-0.39, 0.29) is 42.2 Å². The molecule has 2 aromatic rings. The van der Waals surface area contributed by atoms with Crippen molar-refractivity contribution in [1.82, 2.24) is 10.6 Å². The van der Waals surface area contributed by atoms with Gasteiger partial charge < -0.3 is 20.5 Å². The normalized spacial score (nSPS) is 25.0. The molecule has 2 unspecified atom stereocenters. The second kappa shape index (κ2) is 10.1. The number of fused-ring (bicyclic) bond motifs is 3. The number of carboxylic acids is 1. The highest BCUT2D eigenvalue weighted by molar-refractivity contribution is 5.81. The lowest BCUT2D eigenvalue weighted by atomic mass is 9.95. The van der Waals surface area contributed by atoms with Crippen LogP contribution in [0.4, 0.5) is 4.79 Å². The van der Waals surface area contributed by atoms with E-state index in [9.17, 15) is 19.5 Å². The van der Waals surface area contributed by atoms with Gasteiger partial charge in [-0.3, -0.25) is 9.59 Å². The molecular weight excluding hydrogens is 444 g/mol. The fraction of sp³-hybridized carbons (Fsp3) is 0.464. The Bertz CT molecular complexity index is 1070. The number of hydrogen-bond acceptors (Lipinski definition) is 4. The van der Waals surface area contributed by atoms with Crippen LogP contribution in [0.3, 0.4) is 0 Å². The van der Waals surface area contributed by atoms with Crippen LogP contribution in [0.1, 0.15) is 55.6 Å². The van der Waals surface area contributed by atoms with Gasteiger partial charge in [0.25, 0.3) is 0 Å². The molecule has 3 aliphatic carbocycles. The molecule has 0 bridgehead atoms. The zero-order chi connectivity index (χ0) is 24.4. The van der Waals surface area contributed by atoms with E-state index in [0.29, 0.717) is 19.4 Å². The smallest absolute Gasteiger partial charge is 0.407 e. The molecule has 2 amide bonds. The van der Waals surface area contributed by atoms with Crippen molar-refractivity contribution in [3.63, 3.8) is 0 Å². The summed E-state index contributed by atoms with van der Waals surface area (Å²) < 4.78 is 5.66. The number of rotatable bonds is 7. The highest BCUT2D eigenvalue weighted by atomic mass is 16.5. The molecule has 0 aliphatic heterocycles. The summed E-state index contributed by atoms with van der Waals surface area (Å²) in [5.74, 6) is -1.62. The van der Waals surface area contributed by atoms with E-state index >= 15 is 0 Å². The number of ether oxygens (including phenoxy) is 1. The van der Waals surface area contributed by atoms with Gasteiger partial charge in [0.15, 0.2) is 0 Å². The number of alkyl carbamates (subject to hydrolysis) is 1. The number of benzene rings is 2. The molecule has 3 aliphatic rings. The summed E-state index contributed by atoms with van der Waals surface area (Å²) in [7, 11) is 0. The third-order valence-electron chi connectivity index (χ3n) is 8.01. The van der Waals surface area contributed by atoms with Crippen LogP contribution < -0.4 is 10.6 Å². The minimum Gasteiger partial charge on any atom is -0.481 e. The summed E-state index contributed by atoms with van der Waals surface area (Å²) in [6.07, 6.45) is 4.16. The predicted molar refractivity (Wildman–Crippen MR) is 131 cm³/mol. The fourth-order valence-electron chi connectivity index (χ4n) is 6.21. The van der Waals surface area contributed by atoms with Crippen molar-refractivity contribution in [1.29, 1.82) is 0 Å². The maximum atomic E-state index is 12.9. The second-order valence-electron chi connectivity index (χ2n) is 9.99. The lowest BCUT2D eigenvalue weighted by Gasteiger charge is -2.23. The van der Waals surface area contributed by atoms with E-state index < -0.39 is 12.1 Å². The van der Waals surface area contributed by atoms with E-state index in [1.165, 1.54) is 11.1 Å². The van der Waals surface area contributed by atoms with Crippen LogP contribution >= 0.6 is 0 Å². The summed E-state index contributed by atoms with van der Waals surface area (Å²) in [4.78, 5) is 37.0. The third kappa shape index (κ3) is 4.77. The lowest BCUT2D eigenvalue weighted by Crippen LogP contribution is -2.45. The Morgan fingerprint density at radius 2 is 1.49 bits per heavy atom. The van der Waals surface area contributed by atoms with Gasteiger partial charge in [-0.1, -0.05) is 61.4 Å². The summed E-state index contributed by atoms with van der Waals surface area (Å²) in [5, 5.41) is 15.2. The van der Waals surface area contributed by atoms with E-state index in [1.54, 1.807) is 0 Å². The van der Waals surface area contributed by atoms with Crippen molar-refractivity contribution in [2.75, 3.05) is 13.2 Å². The molecule has 0 spiro atoms. The largest absolute Gasteiger partial charge is 0.481 e. The fourth-order valence-corrected chi connectivity index (χ4v) is 6.21. The second-order valence-corrected chi connectivity index (χ2v) is 9.99. The minimum atomic E-state index is -0.780. The first-order chi connectivity index (χ1) is 17.0. The minimum absolute atomic E-state index is 0.00980. The molecule has 0 radical (unpaired) electrons. The molecule has 0 heterocycles. The van der Waals surface area contributed by atoms with Gasteiger partial charge in [-0.2, -0.15) is 0 Å². The average Bonchev–Trinajstić information content (AvgIpc) is 3.59. The number of carboxylic acid groups (broad SMARTS) is 1. The number of carbonyl (C=O) groups is 3. The Morgan fingerprint density at radius 3 is 2.17 bits per heavy atom. The first-order valence-corrected chi connectivity index (χ1v) is 12.6. The van der Waals surface area contributed by atoms with Crippen LogP contribution in [-0.2, 0) is 14.3 Å². The molecule has 4 atom stereocenters. The number of aliphatic carboxylic acids is 1. The Kier molecular flexibility index (Phi) is 6.75. The van der Waals surface area contributed by atoms with E-state index in [4.69, 9.17) is 4.74 Å². The van der Waals surface area contributed by atoms with Gasteiger partial charge in [0.1, 0.15) is 6.61 Å². The van der Waals surface area contributed by atoms with Crippen molar-refractivity contribution in [3.05, 3.63) is 59.7 Å². The van der Waals surface area contributed by atoms with Crippen LogP contribution in [0.5, 0.6) is 0 Å². The maximum Gasteiger partial charge on any atom is 0.407 e. The van der Waals surface area contributed by atoms with Gasteiger partial charge >= 0.3 is 12.1 Å². The number of hydrogen-bond donors (Lipinski definition) is 3. The summed E-state index contributed by atoms with van der Waals surface area (Å²) in [6, 6.07) is 16.1. The molecular formula is C28H32N2O5. The Labute approximate surface area is 205 Å². The maximum absolute atomic E-state index is 12.9. The molecule has 2 fully saturated rings. The van der Waals surface area contributed by atoms with Crippen LogP contribution in [0, 0.1) is 17.8 Å². The van der Waals surface area contributed by atoms with Crippen LogP contribution in [-0.4, -0.2) is 42.3 Å². The molecule has 3 N–H and O–H groups in total. The highest BCUT2D eigenvalue weighted by Gasteiger charge is 2.37. The molecule has 2 aromatic carbocycles. The van der Waals surface area contributed by atoms with Crippen LogP contribution in [0.2, 0.25) is 0 Å². The molecule has 0 aromatic heterocycles.